The molecule has 0 amide bonds. The topological polar surface area (TPSA) is 30.5 Å². The second-order valence-corrected chi connectivity index (χ2v) is 8.47. The van der Waals surface area contributed by atoms with Gasteiger partial charge in [0.15, 0.2) is 11.5 Å². The summed E-state index contributed by atoms with van der Waals surface area (Å²) in [5, 5.41) is 4.67. The molecule has 0 radical (unpaired) electrons. The number of hydrogen-bond donors (Lipinski definition) is 1. The summed E-state index contributed by atoms with van der Waals surface area (Å²) in [5.74, 6) is 1.37. The molecule has 0 aliphatic heterocycles. The van der Waals surface area contributed by atoms with Gasteiger partial charge in [-0.15, -0.1) is 0 Å². The summed E-state index contributed by atoms with van der Waals surface area (Å²) in [5.41, 5.74) is 3.31. The van der Waals surface area contributed by atoms with Gasteiger partial charge in [-0.2, -0.15) is 0 Å². The number of hydrogen-bond acceptors (Lipinski definition) is 3. The van der Waals surface area contributed by atoms with Gasteiger partial charge in [-0.1, -0.05) is 59.6 Å². The molecule has 0 fully saturated rings. The van der Waals surface area contributed by atoms with Gasteiger partial charge in [0, 0.05) is 22.2 Å². The average Bonchev–Trinajstić information content (AvgIpc) is 2.73. The van der Waals surface area contributed by atoms with Crippen LogP contribution >= 0.6 is 39.1 Å². The van der Waals surface area contributed by atoms with E-state index in [1.165, 1.54) is 5.56 Å². The predicted octanol–water partition coefficient (Wildman–Crippen LogP) is 7.07. The molecule has 0 aromatic heterocycles. The molecule has 0 heterocycles. The molecule has 3 aromatic rings. The Morgan fingerprint density at radius 3 is 2.47 bits per heavy atom. The molecule has 3 nitrogen and oxygen atoms in total. The first kappa shape index (κ1) is 23.0. The first-order valence-electron chi connectivity index (χ1n) is 9.83. The van der Waals surface area contributed by atoms with Crippen LogP contribution in [0.15, 0.2) is 65.1 Å². The molecule has 0 saturated carbocycles. The van der Waals surface area contributed by atoms with Crippen LogP contribution in [0.3, 0.4) is 0 Å². The number of rotatable bonds is 10. The van der Waals surface area contributed by atoms with Gasteiger partial charge < -0.3 is 14.8 Å². The van der Waals surface area contributed by atoms with Gasteiger partial charge in [-0.05, 0) is 71.2 Å². The van der Waals surface area contributed by atoms with Gasteiger partial charge in [0.2, 0.25) is 0 Å². The summed E-state index contributed by atoms with van der Waals surface area (Å²) < 4.78 is 12.7. The Balaban J connectivity index is 1.64. The van der Waals surface area contributed by atoms with Crippen LogP contribution in [0.5, 0.6) is 11.5 Å². The van der Waals surface area contributed by atoms with Gasteiger partial charge >= 0.3 is 0 Å². The van der Waals surface area contributed by atoms with Crippen LogP contribution < -0.4 is 14.8 Å². The van der Waals surface area contributed by atoms with Crippen molar-refractivity contribution in [3.05, 3.63) is 91.9 Å². The average molecular weight is 509 g/mol. The van der Waals surface area contributed by atoms with Crippen molar-refractivity contribution in [3.8, 4) is 11.5 Å². The van der Waals surface area contributed by atoms with Gasteiger partial charge in [-0.3, -0.25) is 0 Å². The van der Waals surface area contributed by atoms with Crippen LogP contribution in [0.4, 0.5) is 0 Å². The molecule has 0 saturated heterocycles. The van der Waals surface area contributed by atoms with E-state index in [9.17, 15) is 0 Å². The second-order valence-electron chi connectivity index (χ2n) is 6.77. The third-order valence-corrected chi connectivity index (χ3v) is 5.69. The normalized spacial score (nSPS) is 10.8. The van der Waals surface area contributed by atoms with Crippen molar-refractivity contribution in [2.45, 2.75) is 26.5 Å². The van der Waals surface area contributed by atoms with Crippen molar-refractivity contribution in [2.75, 3.05) is 13.2 Å². The summed E-state index contributed by atoms with van der Waals surface area (Å²) in [4.78, 5) is 0. The van der Waals surface area contributed by atoms with Gasteiger partial charge in [0.05, 0.1) is 11.1 Å². The maximum Gasteiger partial charge on any atom is 0.175 e. The van der Waals surface area contributed by atoms with E-state index in [1.54, 1.807) is 12.1 Å². The quantitative estimate of drug-likeness (QED) is 0.297. The summed E-state index contributed by atoms with van der Waals surface area (Å²) in [7, 11) is 0. The number of nitrogens with one attached hydrogen (secondary N) is 1. The first-order valence-corrected chi connectivity index (χ1v) is 11.4. The Hall–Kier alpha value is -1.72. The molecule has 158 valence electrons. The van der Waals surface area contributed by atoms with Crippen LogP contribution in [-0.4, -0.2) is 13.2 Å². The van der Waals surface area contributed by atoms with Gasteiger partial charge in [-0.25, -0.2) is 0 Å². The number of benzene rings is 3. The van der Waals surface area contributed by atoms with Crippen molar-refractivity contribution < 1.29 is 9.47 Å². The van der Waals surface area contributed by atoms with E-state index in [0.29, 0.717) is 34.8 Å². The third-order valence-electron chi connectivity index (χ3n) is 4.52. The zero-order chi connectivity index (χ0) is 21.3. The third kappa shape index (κ3) is 6.64. The minimum Gasteiger partial charge on any atom is -0.490 e. The highest BCUT2D eigenvalue weighted by Crippen LogP contribution is 2.38. The van der Waals surface area contributed by atoms with E-state index in [2.05, 4.69) is 51.6 Å². The summed E-state index contributed by atoms with van der Waals surface area (Å²) in [6.45, 7) is 4.48. The monoisotopic (exact) mass is 507 g/mol. The van der Waals surface area contributed by atoms with E-state index in [0.717, 1.165) is 35.1 Å². The Bertz CT molecular complexity index is 967. The Labute approximate surface area is 196 Å². The minimum atomic E-state index is 0.323. The van der Waals surface area contributed by atoms with Crippen LogP contribution in [0, 0.1) is 0 Å². The Morgan fingerprint density at radius 1 is 0.933 bits per heavy atom. The fraction of sp³-hybridized carbons (Fsp3) is 0.250. The van der Waals surface area contributed by atoms with Crippen molar-refractivity contribution in [1.82, 2.24) is 5.32 Å². The molecule has 0 aliphatic rings. The summed E-state index contributed by atoms with van der Waals surface area (Å²) in [6.07, 6.45) is 0.989. The molecule has 0 bridgehead atoms. The molecule has 30 heavy (non-hydrogen) atoms. The fourth-order valence-electron chi connectivity index (χ4n) is 3.03. The van der Waals surface area contributed by atoms with E-state index in [1.807, 2.05) is 25.1 Å². The van der Waals surface area contributed by atoms with Crippen LogP contribution in [0.1, 0.15) is 23.6 Å². The SMILES string of the molecule is CCOc1cc(CNCCc2ccccc2)cc(Br)c1OCc1ccc(Cl)cc1Cl. The molecule has 0 unspecified atom stereocenters. The van der Waals surface area contributed by atoms with Gasteiger partial charge in [0.1, 0.15) is 6.61 Å². The highest BCUT2D eigenvalue weighted by atomic mass is 79.9. The van der Waals surface area contributed by atoms with E-state index < -0.39 is 0 Å². The molecule has 0 atom stereocenters. The van der Waals surface area contributed by atoms with Crippen molar-refractivity contribution in [1.29, 1.82) is 0 Å². The smallest absolute Gasteiger partial charge is 0.175 e. The molecule has 0 spiro atoms. The molecular formula is C24H24BrCl2NO2. The lowest BCUT2D eigenvalue weighted by molar-refractivity contribution is 0.267. The summed E-state index contributed by atoms with van der Waals surface area (Å²) in [6, 6.07) is 19.9. The zero-order valence-corrected chi connectivity index (χ0v) is 19.9. The lowest BCUT2D eigenvalue weighted by Crippen LogP contribution is -2.16. The Morgan fingerprint density at radius 2 is 1.73 bits per heavy atom. The Kier molecular flexibility index (Phi) is 8.88. The van der Waals surface area contributed by atoms with Crippen LogP contribution in [0.2, 0.25) is 10.0 Å². The molecule has 0 aliphatic carbocycles. The zero-order valence-electron chi connectivity index (χ0n) is 16.8. The largest absolute Gasteiger partial charge is 0.490 e. The number of halogens is 3. The van der Waals surface area contributed by atoms with E-state index >= 15 is 0 Å². The first-order chi connectivity index (χ1) is 14.6. The minimum absolute atomic E-state index is 0.323. The molecule has 3 rings (SSSR count). The molecule has 3 aromatic carbocycles. The van der Waals surface area contributed by atoms with Crippen molar-refractivity contribution in [2.24, 2.45) is 0 Å². The lowest BCUT2D eigenvalue weighted by Gasteiger charge is -2.16. The maximum atomic E-state index is 6.26. The maximum absolute atomic E-state index is 6.26. The fourth-order valence-corrected chi connectivity index (χ4v) is 4.09. The standard InChI is InChI=1S/C24H24BrCl2NO2/c1-2-29-23-13-18(15-28-11-10-17-6-4-3-5-7-17)12-21(25)24(23)30-16-19-8-9-20(26)14-22(19)27/h3-9,12-14,28H,2,10-11,15-16H2,1H3. The summed E-state index contributed by atoms with van der Waals surface area (Å²) >= 11 is 15.9. The van der Waals surface area contributed by atoms with Gasteiger partial charge in [0.25, 0.3) is 0 Å². The molecular weight excluding hydrogens is 485 g/mol. The lowest BCUT2D eigenvalue weighted by atomic mass is 10.1. The molecule has 1 N–H and O–H groups in total. The highest BCUT2D eigenvalue weighted by Gasteiger charge is 2.13. The number of ether oxygens (including phenoxy) is 2. The van der Waals surface area contributed by atoms with Crippen molar-refractivity contribution in [3.63, 3.8) is 0 Å². The van der Waals surface area contributed by atoms with E-state index in [4.69, 9.17) is 32.7 Å². The van der Waals surface area contributed by atoms with E-state index in [-0.39, 0.29) is 0 Å². The van der Waals surface area contributed by atoms with Crippen LogP contribution in [-0.2, 0) is 19.6 Å². The van der Waals surface area contributed by atoms with Crippen LogP contribution in [0.25, 0.3) is 0 Å². The predicted molar refractivity (Wildman–Crippen MR) is 128 cm³/mol. The second kappa shape index (κ2) is 11.6. The highest BCUT2D eigenvalue weighted by molar-refractivity contribution is 9.10. The molecule has 6 heteroatoms. The van der Waals surface area contributed by atoms with Crippen molar-refractivity contribution >= 4 is 39.1 Å².